The maximum absolute atomic E-state index is 13.7. The van der Waals surface area contributed by atoms with E-state index >= 15 is 0 Å². The predicted molar refractivity (Wildman–Crippen MR) is 276 cm³/mol. The molecule has 0 saturated heterocycles. The Morgan fingerprint density at radius 3 is 1.27 bits per heavy atom. The van der Waals surface area contributed by atoms with Gasteiger partial charge in [0, 0.05) is 31.9 Å². The van der Waals surface area contributed by atoms with Crippen molar-refractivity contribution in [2.24, 2.45) is 10.2 Å². The Labute approximate surface area is 426 Å². The molecular formula is C57H63N3O13. The smallest absolute Gasteiger partial charge is 0.344 e. The molecule has 0 atom stereocenters. The van der Waals surface area contributed by atoms with Crippen LogP contribution < -0.4 is 28.6 Å². The lowest BCUT2D eigenvalue weighted by atomic mass is 10.0. The molecule has 0 bridgehead atoms. The average molecular weight is 998 g/mol. The summed E-state index contributed by atoms with van der Waals surface area (Å²) in [6, 6.07) is 31.9. The molecule has 0 heterocycles. The number of nitrogens with zero attached hydrogens (tertiary/aromatic N) is 3. The molecule has 16 heteroatoms. The van der Waals surface area contributed by atoms with Gasteiger partial charge in [-0.25, -0.2) is 24.0 Å². The summed E-state index contributed by atoms with van der Waals surface area (Å²) in [7, 11) is 3.95. The molecule has 0 N–H and O–H groups in total. The standard InChI is InChI=1S/C57H63N3O13/c1-5-53(61)69-38-13-9-7-11-35-66-47-26-30-49(31-27-47)72-55(63)42-17-34-51(57(65)73-50-32-28-48(29-33-50)67-36-12-8-10-14-39-70-54(62)6-2)52(41-42)56(64)71-40-16-15-37-68-46-24-20-44(21-25-46)59-58-43-18-22-45(23-19-43)60(3)4/h5-6,17-34,41H,1-2,7-16,35-40H2,3-4H3. The van der Waals surface area contributed by atoms with Gasteiger partial charge in [-0.2, -0.15) is 10.2 Å². The monoisotopic (exact) mass is 997 g/mol. The minimum absolute atomic E-state index is 0.000248. The number of rotatable bonds is 32. The quantitative estimate of drug-likeness (QED) is 0.00988. The van der Waals surface area contributed by atoms with E-state index in [4.69, 9.17) is 37.9 Å². The third kappa shape index (κ3) is 20.5. The van der Waals surface area contributed by atoms with E-state index in [1.54, 1.807) is 72.8 Å². The van der Waals surface area contributed by atoms with Crippen LogP contribution in [0.2, 0.25) is 0 Å². The number of azo groups is 1. The fourth-order valence-electron chi connectivity index (χ4n) is 6.69. The van der Waals surface area contributed by atoms with Gasteiger partial charge >= 0.3 is 29.8 Å². The van der Waals surface area contributed by atoms with E-state index in [0.29, 0.717) is 68.8 Å². The summed E-state index contributed by atoms with van der Waals surface area (Å²) in [6.45, 7) is 8.76. The lowest BCUT2D eigenvalue weighted by Crippen LogP contribution is -2.18. The lowest BCUT2D eigenvalue weighted by Gasteiger charge is -2.12. The summed E-state index contributed by atoms with van der Waals surface area (Å²) in [5.74, 6) is -1.06. The molecular weight excluding hydrogens is 935 g/mol. The van der Waals surface area contributed by atoms with Gasteiger partial charge in [0.1, 0.15) is 28.7 Å². The van der Waals surface area contributed by atoms with Gasteiger partial charge in [-0.05, 0) is 179 Å². The highest BCUT2D eigenvalue weighted by molar-refractivity contribution is 6.06. The molecule has 0 aliphatic heterocycles. The van der Waals surface area contributed by atoms with Crippen molar-refractivity contribution >= 4 is 46.9 Å². The first-order valence-electron chi connectivity index (χ1n) is 24.2. The summed E-state index contributed by atoms with van der Waals surface area (Å²) in [5, 5.41) is 8.60. The molecule has 5 aromatic carbocycles. The van der Waals surface area contributed by atoms with Crippen LogP contribution in [-0.4, -0.2) is 83.6 Å². The van der Waals surface area contributed by atoms with Crippen LogP contribution in [0.3, 0.4) is 0 Å². The SMILES string of the molecule is C=CC(=O)OCCCCCCOc1ccc(OC(=O)c2ccc(C(=O)Oc3ccc(OCCCCCCOC(=O)C=C)cc3)c(C(=O)OCCCCOc3ccc(N=Nc4ccc(N(C)C)cc4)cc3)c2)cc1. The molecule has 0 radical (unpaired) electrons. The molecule has 0 fully saturated rings. The van der Waals surface area contributed by atoms with Gasteiger partial charge in [0.2, 0.25) is 0 Å². The maximum atomic E-state index is 13.7. The van der Waals surface area contributed by atoms with Gasteiger partial charge in [-0.1, -0.05) is 13.2 Å². The Bertz CT molecular complexity index is 2580. The number of ether oxygens (including phenoxy) is 8. The van der Waals surface area contributed by atoms with E-state index in [9.17, 15) is 24.0 Å². The molecule has 384 valence electrons. The van der Waals surface area contributed by atoms with Gasteiger partial charge < -0.3 is 42.8 Å². The van der Waals surface area contributed by atoms with Crippen molar-refractivity contribution in [2.45, 2.75) is 64.2 Å². The molecule has 5 rings (SSSR count). The Morgan fingerprint density at radius 1 is 0.425 bits per heavy atom. The number of anilines is 1. The number of carbonyl (C=O) groups is 5. The topological polar surface area (TPSA) is 187 Å². The largest absolute Gasteiger partial charge is 0.494 e. The normalized spacial score (nSPS) is 10.7. The van der Waals surface area contributed by atoms with Gasteiger partial charge in [0.25, 0.3) is 0 Å². The molecule has 0 unspecified atom stereocenters. The van der Waals surface area contributed by atoms with Crippen molar-refractivity contribution in [3.05, 3.63) is 157 Å². The number of hydrogen-bond acceptors (Lipinski definition) is 16. The van der Waals surface area contributed by atoms with E-state index < -0.39 is 29.8 Å². The molecule has 0 aromatic heterocycles. The van der Waals surface area contributed by atoms with E-state index in [0.717, 1.165) is 74.9 Å². The van der Waals surface area contributed by atoms with Crippen molar-refractivity contribution in [1.82, 2.24) is 0 Å². The third-order valence-electron chi connectivity index (χ3n) is 10.7. The van der Waals surface area contributed by atoms with E-state index in [1.807, 2.05) is 43.3 Å². The van der Waals surface area contributed by atoms with E-state index in [1.165, 1.54) is 18.2 Å². The van der Waals surface area contributed by atoms with Crippen molar-refractivity contribution in [1.29, 1.82) is 0 Å². The second-order valence-electron chi connectivity index (χ2n) is 16.5. The van der Waals surface area contributed by atoms with Gasteiger partial charge in [-0.3, -0.25) is 0 Å². The first-order valence-corrected chi connectivity index (χ1v) is 24.2. The average Bonchev–Trinajstić information content (AvgIpc) is 3.41. The molecule has 16 nitrogen and oxygen atoms in total. The highest BCUT2D eigenvalue weighted by Crippen LogP contribution is 2.26. The highest BCUT2D eigenvalue weighted by Gasteiger charge is 2.23. The first-order chi connectivity index (χ1) is 35.5. The minimum atomic E-state index is -0.844. The van der Waals surface area contributed by atoms with E-state index in [-0.39, 0.29) is 34.8 Å². The van der Waals surface area contributed by atoms with E-state index in [2.05, 4.69) is 23.4 Å². The number of esters is 5. The summed E-state index contributed by atoms with van der Waals surface area (Å²) >= 11 is 0. The molecule has 73 heavy (non-hydrogen) atoms. The van der Waals surface area contributed by atoms with Crippen LogP contribution in [0.4, 0.5) is 17.1 Å². The Balaban J connectivity index is 1.13. The predicted octanol–water partition coefficient (Wildman–Crippen LogP) is 12.0. The Kier molecular flexibility index (Phi) is 23.7. The lowest BCUT2D eigenvalue weighted by molar-refractivity contribution is -0.138. The van der Waals surface area contributed by atoms with Crippen LogP contribution >= 0.6 is 0 Å². The zero-order valence-corrected chi connectivity index (χ0v) is 41.5. The minimum Gasteiger partial charge on any atom is -0.494 e. The van der Waals surface area contributed by atoms with Crippen molar-refractivity contribution in [3.8, 4) is 28.7 Å². The molecule has 0 aliphatic rings. The van der Waals surface area contributed by atoms with Crippen LogP contribution in [0.5, 0.6) is 28.7 Å². The Morgan fingerprint density at radius 2 is 0.808 bits per heavy atom. The second-order valence-corrected chi connectivity index (χ2v) is 16.5. The zero-order chi connectivity index (χ0) is 52.0. The highest BCUT2D eigenvalue weighted by atomic mass is 16.6. The van der Waals surface area contributed by atoms with Crippen LogP contribution in [-0.2, 0) is 23.8 Å². The van der Waals surface area contributed by atoms with Crippen molar-refractivity contribution in [2.75, 3.05) is 58.6 Å². The number of unbranched alkanes of at least 4 members (excludes halogenated alkanes) is 7. The van der Waals surface area contributed by atoms with Gasteiger partial charge in [-0.15, -0.1) is 0 Å². The van der Waals surface area contributed by atoms with Crippen LogP contribution in [0.15, 0.2) is 151 Å². The number of benzene rings is 5. The van der Waals surface area contributed by atoms with Gasteiger partial charge in [0.05, 0.1) is 67.7 Å². The summed E-state index contributed by atoms with van der Waals surface area (Å²) < 4.78 is 44.4. The molecule has 0 aliphatic carbocycles. The Hall–Kier alpha value is -8.27. The van der Waals surface area contributed by atoms with Crippen LogP contribution in [0.1, 0.15) is 95.3 Å². The number of hydrogen-bond donors (Lipinski definition) is 0. The van der Waals surface area contributed by atoms with Gasteiger partial charge in [0.15, 0.2) is 0 Å². The second kappa shape index (κ2) is 31.1. The van der Waals surface area contributed by atoms with Crippen molar-refractivity contribution in [3.63, 3.8) is 0 Å². The summed E-state index contributed by atoms with van der Waals surface area (Å²) in [5.41, 5.74) is 2.18. The summed E-state index contributed by atoms with van der Waals surface area (Å²) in [4.78, 5) is 65.0. The molecule has 0 amide bonds. The fraction of sp³-hybridized carbons (Fsp3) is 0.316. The zero-order valence-electron chi connectivity index (χ0n) is 41.5. The number of carbonyl (C=O) groups excluding carboxylic acids is 5. The third-order valence-corrected chi connectivity index (χ3v) is 10.7. The molecule has 0 saturated carbocycles. The molecule has 0 spiro atoms. The van der Waals surface area contributed by atoms with Crippen LogP contribution in [0.25, 0.3) is 0 Å². The van der Waals surface area contributed by atoms with Crippen LogP contribution in [0, 0.1) is 0 Å². The maximum Gasteiger partial charge on any atom is 0.344 e. The molecule has 5 aromatic rings. The van der Waals surface area contributed by atoms with Crippen molar-refractivity contribution < 1.29 is 61.9 Å². The fourth-order valence-corrected chi connectivity index (χ4v) is 6.69. The summed E-state index contributed by atoms with van der Waals surface area (Å²) in [6.07, 6.45) is 9.92. The first kappa shape index (κ1) is 55.7.